The first-order valence-corrected chi connectivity index (χ1v) is 6.33. The topological polar surface area (TPSA) is 91.3 Å². The third kappa shape index (κ3) is 4.69. The van der Waals surface area contributed by atoms with Crippen molar-refractivity contribution in [2.45, 2.75) is 18.1 Å². The van der Waals surface area contributed by atoms with Gasteiger partial charge in [0.05, 0.1) is 19.1 Å². The minimum absolute atomic E-state index is 0.0415. The van der Waals surface area contributed by atoms with E-state index < -0.39 is 10.1 Å². The van der Waals surface area contributed by atoms with Gasteiger partial charge in [-0.25, -0.2) is 19.6 Å². The zero-order valence-corrected chi connectivity index (χ0v) is 10.8. The Morgan fingerprint density at radius 2 is 1.44 bits per heavy atom. The van der Waals surface area contributed by atoms with E-state index in [0.717, 1.165) is 0 Å². The molecular weight excluding hydrogens is 264 g/mol. The standard InChI is InChI=1S/C10H14O7S/c1-14-16-6-8-3-9(7-17-15-2)5-10(4-8)18(11,12)13/h3-5H,6-7H2,1-2H3,(H,11,12,13). The van der Waals surface area contributed by atoms with E-state index in [2.05, 4.69) is 9.78 Å². The fourth-order valence-corrected chi connectivity index (χ4v) is 1.90. The summed E-state index contributed by atoms with van der Waals surface area (Å²) >= 11 is 0. The summed E-state index contributed by atoms with van der Waals surface area (Å²) in [5.41, 5.74) is 1.03. The second-order valence-corrected chi connectivity index (χ2v) is 4.74. The number of hydrogen-bond acceptors (Lipinski definition) is 6. The third-order valence-corrected chi connectivity index (χ3v) is 2.84. The normalized spacial score (nSPS) is 11.7. The molecule has 7 nitrogen and oxygen atoms in total. The molecule has 0 aliphatic rings. The van der Waals surface area contributed by atoms with E-state index in [1.54, 1.807) is 6.07 Å². The van der Waals surface area contributed by atoms with Gasteiger partial charge in [-0.2, -0.15) is 8.42 Å². The lowest BCUT2D eigenvalue weighted by Crippen LogP contribution is -2.03. The lowest BCUT2D eigenvalue weighted by molar-refractivity contribution is -0.283. The molecule has 102 valence electrons. The number of rotatable bonds is 7. The minimum atomic E-state index is -4.29. The van der Waals surface area contributed by atoms with E-state index in [9.17, 15) is 8.42 Å². The first-order chi connectivity index (χ1) is 8.47. The van der Waals surface area contributed by atoms with Crippen LogP contribution in [0.3, 0.4) is 0 Å². The van der Waals surface area contributed by atoms with E-state index >= 15 is 0 Å². The Balaban J connectivity index is 3.03. The van der Waals surface area contributed by atoms with Crippen molar-refractivity contribution in [3.05, 3.63) is 29.3 Å². The average Bonchev–Trinajstić information content (AvgIpc) is 2.32. The van der Waals surface area contributed by atoms with Crippen molar-refractivity contribution in [3.8, 4) is 0 Å². The van der Waals surface area contributed by atoms with Gasteiger partial charge < -0.3 is 0 Å². The molecule has 0 heterocycles. The van der Waals surface area contributed by atoms with Gasteiger partial charge >= 0.3 is 0 Å². The maximum atomic E-state index is 11.1. The van der Waals surface area contributed by atoms with Crippen molar-refractivity contribution in [1.29, 1.82) is 0 Å². The van der Waals surface area contributed by atoms with Crippen LogP contribution in [0, 0.1) is 0 Å². The fourth-order valence-electron chi connectivity index (χ4n) is 1.30. The lowest BCUT2D eigenvalue weighted by Gasteiger charge is -2.07. The predicted molar refractivity (Wildman–Crippen MR) is 59.9 cm³/mol. The molecule has 0 saturated carbocycles. The second-order valence-electron chi connectivity index (χ2n) is 3.32. The lowest BCUT2D eigenvalue weighted by atomic mass is 10.1. The maximum absolute atomic E-state index is 11.1. The fraction of sp³-hybridized carbons (Fsp3) is 0.400. The van der Waals surface area contributed by atoms with Crippen molar-refractivity contribution in [1.82, 2.24) is 0 Å². The van der Waals surface area contributed by atoms with Crippen LogP contribution in [0.4, 0.5) is 0 Å². The van der Waals surface area contributed by atoms with E-state index in [4.69, 9.17) is 14.3 Å². The molecule has 0 bridgehead atoms. The first-order valence-electron chi connectivity index (χ1n) is 4.89. The summed E-state index contributed by atoms with van der Waals surface area (Å²) in [7, 11) is -1.62. The quantitative estimate of drug-likeness (QED) is 0.453. The highest BCUT2D eigenvalue weighted by Crippen LogP contribution is 2.17. The Kier molecular flexibility index (Phi) is 5.66. The van der Waals surface area contributed by atoms with Crippen LogP contribution in [0.15, 0.2) is 23.1 Å². The molecule has 0 spiro atoms. The first kappa shape index (κ1) is 15.0. The van der Waals surface area contributed by atoms with Crippen LogP contribution in [0.2, 0.25) is 0 Å². The molecule has 0 aliphatic heterocycles. The molecule has 0 atom stereocenters. The van der Waals surface area contributed by atoms with Crippen molar-refractivity contribution >= 4 is 10.1 Å². The summed E-state index contributed by atoms with van der Waals surface area (Å²) < 4.78 is 31.2. The van der Waals surface area contributed by atoms with Gasteiger partial charge in [-0.05, 0) is 23.3 Å². The second kappa shape index (κ2) is 6.78. The molecule has 8 heteroatoms. The van der Waals surface area contributed by atoms with Crippen LogP contribution in [-0.4, -0.2) is 27.2 Å². The van der Waals surface area contributed by atoms with E-state index in [1.807, 2.05) is 0 Å². The molecule has 1 aromatic rings. The van der Waals surface area contributed by atoms with Crippen molar-refractivity contribution < 1.29 is 32.5 Å². The number of benzene rings is 1. The molecule has 0 fully saturated rings. The summed E-state index contributed by atoms with van der Waals surface area (Å²) in [5, 5.41) is 0. The van der Waals surface area contributed by atoms with Crippen LogP contribution in [0.25, 0.3) is 0 Å². The van der Waals surface area contributed by atoms with Crippen LogP contribution < -0.4 is 0 Å². The molecule has 0 saturated heterocycles. The molecule has 1 rings (SSSR count). The minimum Gasteiger partial charge on any atom is -0.282 e. The Bertz CT molecular complexity index is 457. The van der Waals surface area contributed by atoms with Gasteiger partial charge in [0, 0.05) is 0 Å². The highest BCUT2D eigenvalue weighted by atomic mass is 32.2. The molecule has 0 aromatic heterocycles. The Labute approximate surface area is 105 Å². The van der Waals surface area contributed by atoms with E-state index in [1.165, 1.54) is 26.4 Å². The molecule has 0 unspecified atom stereocenters. The van der Waals surface area contributed by atoms with E-state index in [0.29, 0.717) is 11.1 Å². The van der Waals surface area contributed by atoms with Crippen molar-refractivity contribution in [2.24, 2.45) is 0 Å². The molecular formula is C10H14O7S. The van der Waals surface area contributed by atoms with Gasteiger partial charge in [0.1, 0.15) is 13.2 Å². The van der Waals surface area contributed by atoms with Crippen molar-refractivity contribution in [2.75, 3.05) is 14.2 Å². The molecule has 1 aromatic carbocycles. The summed E-state index contributed by atoms with van der Waals surface area (Å²) in [6.07, 6.45) is 0. The Morgan fingerprint density at radius 1 is 1.00 bits per heavy atom. The van der Waals surface area contributed by atoms with Crippen LogP contribution in [0.5, 0.6) is 0 Å². The molecule has 0 amide bonds. The highest BCUT2D eigenvalue weighted by Gasteiger charge is 2.12. The van der Waals surface area contributed by atoms with Gasteiger partial charge in [0.25, 0.3) is 10.1 Å². The summed E-state index contributed by atoms with van der Waals surface area (Å²) in [6, 6.07) is 4.21. The van der Waals surface area contributed by atoms with Crippen LogP contribution >= 0.6 is 0 Å². The highest BCUT2D eigenvalue weighted by molar-refractivity contribution is 7.85. The predicted octanol–water partition coefficient (Wildman–Crippen LogP) is 1.09. The zero-order valence-electron chi connectivity index (χ0n) is 9.95. The van der Waals surface area contributed by atoms with Gasteiger partial charge in [-0.3, -0.25) is 4.55 Å². The average molecular weight is 278 g/mol. The Morgan fingerprint density at radius 3 is 1.78 bits per heavy atom. The molecule has 0 radical (unpaired) electrons. The summed E-state index contributed by atoms with van der Waals surface area (Å²) in [6.45, 7) is 0.0830. The SMILES string of the molecule is COOCc1cc(COOC)cc(S(=O)(=O)O)c1. The van der Waals surface area contributed by atoms with E-state index in [-0.39, 0.29) is 18.1 Å². The molecule has 1 N–H and O–H groups in total. The van der Waals surface area contributed by atoms with Crippen LogP contribution in [-0.2, 0) is 42.9 Å². The monoisotopic (exact) mass is 278 g/mol. The van der Waals surface area contributed by atoms with Gasteiger partial charge in [0.15, 0.2) is 0 Å². The molecule has 18 heavy (non-hydrogen) atoms. The van der Waals surface area contributed by atoms with Crippen molar-refractivity contribution in [3.63, 3.8) is 0 Å². The zero-order chi connectivity index (χ0) is 13.6. The summed E-state index contributed by atoms with van der Waals surface area (Å²) in [5.74, 6) is 0. The van der Waals surface area contributed by atoms with Crippen LogP contribution in [0.1, 0.15) is 11.1 Å². The largest absolute Gasteiger partial charge is 0.294 e. The smallest absolute Gasteiger partial charge is 0.282 e. The maximum Gasteiger partial charge on any atom is 0.294 e. The van der Waals surface area contributed by atoms with Gasteiger partial charge in [-0.1, -0.05) is 6.07 Å². The van der Waals surface area contributed by atoms with Gasteiger partial charge in [-0.15, -0.1) is 0 Å². The number of hydrogen-bond donors (Lipinski definition) is 1. The van der Waals surface area contributed by atoms with Gasteiger partial charge in [0.2, 0.25) is 0 Å². The summed E-state index contributed by atoms with van der Waals surface area (Å²) in [4.78, 5) is 18.0. The molecule has 0 aliphatic carbocycles. The Hall–Kier alpha value is -1.03. The third-order valence-electron chi connectivity index (χ3n) is 2.01.